The van der Waals surface area contributed by atoms with Gasteiger partial charge >= 0.3 is 0 Å². The molecular formula is C23H23N5O. The van der Waals surface area contributed by atoms with Gasteiger partial charge < -0.3 is 9.80 Å². The molecule has 3 heterocycles. The first-order chi connectivity index (χ1) is 14.2. The normalized spacial score (nSPS) is 14.3. The van der Waals surface area contributed by atoms with Crippen molar-refractivity contribution in [3.63, 3.8) is 0 Å². The molecule has 0 unspecified atom stereocenters. The zero-order valence-electron chi connectivity index (χ0n) is 16.5. The summed E-state index contributed by atoms with van der Waals surface area (Å²) in [5.74, 6) is 6.32. The summed E-state index contributed by atoms with van der Waals surface area (Å²) in [6.45, 7) is 6.51. The van der Waals surface area contributed by atoms with Crippen molar-refractivity contribution >= 4 is 5.91 Å². The largest absolute Gasteiger partial charge is 0.336 e. The number of hydrogen-bond acceptors (Lipinski definition) is 4. The van der Waals surface area contributed by atoms with Gasteiger partial charge in [-0.1, -0.05) is 18.9 Å². The maximum Gasteiger partial charge on any atom is 0.253 e. The van der Waals surface area contributed by atoms with Crippen LogP contribution in [0.2, 0.25) is 0 Å². The summed E-state index contributed by atoms with van der Waals surface area (Å²) in [5, 5.41) is 4.32. The maximum atomic E-state index is 13.0. The minimum atomic E-state index is 0.0497. The summed E-state index contributed by atoms with van der Waals surface area (Å²) in [6, 6.07) is 13.1. The Morgan fingerprint density at radius 2 is 1.90 bits per heavy atom. The number of amides is 1. The number of benzene rings is 1. The van der Waals surface area contributed by atoms with E-state index in [1.807, 2.05) is 53.6 Å². The highest BCUT2D eigenvalue weighted by atomic mass is 16.2. The standard InChI is InChI=1S/C23H23N5O/c1-2-26-14-16-27(17-15-26)23(29)20-8-10-22(28-13-5-12-25-28)19(18-20)7-9-21-6-3-4-11-24-21/h3-6,8,10-13,18H,2,14-17H2,1H3. The number of nitrogens with zero attached hydrogens (tertiary/aromatic N) is 5. The van der Waals surface area contributed by atoms with Gasteiger partial charge in [-0.2, -0.15) is 5.10 Å². The van der Waals surface area contributed by atoms with Gasteiger partial charge in [-0.25, -0.2) is 9.67 Å². The molecule has 0 spiro atoms. The van der Waals surface area contributed by atoms with Crippen molar-refractivity contribution in [1.29, 1.82) is 0 Å². The lowest BCUT2D eigenvalue weighted by atomic mass is 10.1. The molecule has 0 saturated carbocycles. The monoisotopic (exact) mass is 385 g/mol. The first-order valence-corrected chi connectivity index (χ1v) is 9.83. The molecule has 2 aromatic heterocycles. The molecule has 1 fully saturated rings. The van der Waals surface area contributed by atoms with Gasteiger partial charge in [0.2, 0.25) is 0 Å². The van der Waals surface area contributed by atoms with Crippen LogP contribution in [0.3, 0.4) is 0 Å². The molecule has 6 nitrogen and oxygen atoms in total. The number of aromatic nitrogens is 3. The lowest BCUT2D eigenvalue weighted by molar-refractivity contribution is 0.0643. The van der Waals surface area contributed by atoms with Crippen LogP contribution in [0.4, 0.5) is 0 Å². The summed E-state index contributed by atoms with van der Waals surface area (Å²) in [7, 11) is 0. The van der Waals surface area contributed by atoms with E-state index < -0.39 is 0 Å². The molecule has 1 amide bonds. The van der Waals surface area contributed by atoms with Crippen molar-refractivity contribution < 1.29 is 4.79 Å². The Kier molecular flexibility index (Phi) is 5.68. The Labute approximate surface area is 170 Å². The predicted molar refractivity (Wildman–Crippen MR) is 112 cm³/mol. The molecule has 4 rings (SSSR count). The van der Waals surface area contributed by atoms with E-state index in [-0.39, 0.29) is 5.91 Å². The van der Waals surface area contributed by atoms with Crippen molar-refractivity contribution in [1.82, 2.24) is 24.6 Å². The number of piperazine rings is 1. The summed E-state index contributed by atoms with van der Waals surface area (Å²) in [5.41, 5.74) is 2.92. The molecule has 1 saturated heterocycles. The average molecular weight is 385 g/mol. The second-order valence-corrected chi connectivity index (χ2v) is 6.87. The van der Waals surface area contributed by atoms with Crippen LogP contribution >= 0.6 is 0 Å². The Morgan fingerprint density at radius 3 is 2.59 bits per heavy atom. The van der Waals surface area contributed by atoms with Gasteiger partial charge in [0.25, 0.3) is 5.91 Å². The zero-order valence-corrected chi connectivity index (χ0v) is 16.5. The molecule has 0 radical (unpaired) electrons. The molecule has 6 heteroatoms. The Bertz CT molecular complexity index is 1030. The third-order valence-corrected chi connectivity index (χ3v) is 5.09. The van der Waals surface area contributed by atoms with Gasteiger partial charge in [-0.05, 0) is 48.9 Å². The second kappa shape index (κ2) is 8.72. The lowest BCUT2D eigenvalue weighted by Crippen LogP contribution is -2.48. The molecule has 29 heavy (non-hydrogen) atoms. The molecule has 0 atom stereocenters. The maximum absolute atomic E-state index is 13.0. The van der Waals surface area contributed by atoms with Crippen molar-refractivity contribution in [3.8, 4) is 17.5 Å². The summed E-state index contributed by atoms with van der Waals surface area (Å²) in [4.78, 5) is 21.6. The van der Waals surface area contributed by atoms with E-state index in [2.05, 4.69) is 33.7 Å². The van der Waals surface area contributed by atoms with Crippen LogP contribution in [0.15, 0.2) is 61.1 Å². The topological polar surface area (TPSA) is 54.3 Å². The minimum absolute atomic E-state index is 0.0497. The van der Waals surface area contributed by atoms with E-state index >= 15 is 0 Å². The number of hydrogen-bond donors (Lipinski definition) is 0. The number of carbonyl (C=O) groups is 1. The van der Waals surface area contributed by atoms with E-state index in [0.29, 0.717) is 11.3 Å². The van der Waals surface area contributed by atoms with Crippen LogP contribution in [0.5, 0.6) is 0 Å². The zero-order chi connectivity index (χ0) is 20.1. The Hall–Kier alpha value is -3.43. The highest BCUT2D eigenvalue weighted by Gasteiger charge is 2.22. The molecule has 146 valence electrons. The Morgan fingerprint density at radius 1 is 1.03 bits per heavy atom. The van der Waals surface area contributed by atoms with Crippen molar-refractivity contribution in [2.45, 2.75) is 6.92 Å². The van der Waals surface area contributed by atoms with E-state index in [4.69, 9.17) is 0 Å². The minimum Gasteiger partial charge on any atom is -0.336 e. The Balaban J connectivity index is 1.65. The molecule has 3 aromatic rings. The fraction of sp³-hybridized carbons (Fsp3) is 0.261. The number of rotatable bonds is 3. The molecule has 1 aliphatic rings. The number of pyridine rings is 1. The third kappa shape index (κ3) is 4.36. The SMILES string of the molecule is CCN1CCN(C(=O)c2ccc(-n3cccn3)c(C#Cc3ccccn3)c2)CC1. The van der Waals surface area contributed by atoms with Gasteiger partial charge in [0.15, 0.2) is 0 Å². The summed E-state index contributed by atoms with van der Waals surface area (Å²) < 4.78 is 1.76. The molecule has 0 bridgehead atoms. The average Bonchev–Trinajstić information content (AvgIpc) is 3.32. The van der Waals surface area contributed by atoms with Crippen LogP contribution in [-0.4, -0.2) is 63.2 Å². The van der Waals surface area contributed by atoms with Crippen LogP contribution in [0.25, 0.3) is 5.69 Å². The van der Waals surface area contributed by atoms with Crippen LogP contribution < -0.4 is 0 Å². The smallest absolute Gasteiger partial charge is 0.253 e. The highest BCUT2D eigenvalue weighted by Crippen LogP contribution is 2.18. The molecule has 1 aliphatic heterocycles. The number of likely N-dealkylation sites (N-methyl/N-ethyl adjacent to an activating group) is 1. The summed E-state index contributed by atoms with van der Waals surface area (Å²) in [6.07, 6.45) is 5.31. The molecule has 0 aliphatic carbocycles. The van der Waals surface area contributed by atoms with Gasteiger partial charge in [-0.15, -0.1) is 0 Å². The first-order valence-electron chi connectivity index (χ1n) is 9.83. The van der Waals surface area contributed by atoms with Crippen molar-refractivity contribution in [2.24, 2.45) is 0 Å². The van der Waals surface area contributed by atoms with Crippen LogP contribution in [0.1, 0.15) is 28.5 Å². The van der Waals surface area contributed by atoms with Crippen LogP contribution in [-0.2, 0) is 0 Å². The lowest BCUT2D eigenvalue weighted by Gasteiger charge is -2.34. The molecule has 0 N–H and O–H groups in total. The number of carbonyl (C=O) groups excluding carboxylic acids is 1. The van der Waals surface area contributed by atoms with E-state index in [1.54, 1.807) is 17.1 Å². The van der Waals surface area contributed by atoms with E-state index in [9.17, 15) is 4.79 Å². The molecular weight excluding hydrogens is 362 g/mol. The quantitative estimate of drug-likeness (QED) is 0.650. The highest BCUT2D eigenvalue weighted by molar-refractivity contribution is 5.95. The fourth-order valence-corrected chi connectivity index (χ4v) is 3.40. The van der Waals surface area contributed by atoms with Crippen molar-refractivity contribution in [2.75, 3.05) is 32.7 Å². The van der Waals surface area contributed by atoms with Gasteiger partial charge in [0, 0.05) is 50.3 Å². The second-order valence-electron chi connectivity index (χ2n) is 6.87. The van der Waals surface area contributed by atoms with Gasteiger partial charge in [-0.3, -0.25) is 4.79 Å². The molecule has 1 aromatic carbocycles. The van der Waals surface area contributed by atoms with Gasteiger partial charge in [0.05, 0.1) is 11.3 Å². The van der Waals surface area contributed by atoms with Crippen LogP contribution in [0, 0.1) is 11.8 Å². The fourth-order valence-electron chi connectivity index (χ4n) is 3.40. The van der Waals surface area contributed by atoms with E-state index in [0.717, 1.165) is 44.0 Å². The van der Waals surface area contributed by atoms with Crippen molar-refractivity contribution in [3.05, 3.63) is 77.9 Å². The van der Waals surface area contributed by atoms with E-state index in [1.165, 1.54) is 0 Å². The first kappa shape index (κ1) is 18.9. The van der Waals surface area contributed by atoms with Gasteiger partial charge in [0.1, 0.15) is 5.69 Å². The summed E-state index contributed by atoms with van der Waals surface area (Å²) >= 11 is 0. The third-order valence-electron chi connectivity index (χ3n) is 5.09. The predicted octanol–water partition coefficient (Wildman–Crippen LogP) is 2.44.